The van der Waals surface area contributed by atoms with E-state index in [0.29, 0.717) is 0 Å². The highest BCUT2D eigenvalue weighted by atomic mass is 32.2. The van der Waals surface area contributed by atoms with Gasteiger partial charge in [0.25, 0.3) is 0 Å². The van der Waals surface area contributed by atoms with Crippen molar-refractivity contribution in [2.75, 3.05) is 26.7 Å². The first-order valence-corrected chi connectivity index (χ1v) is 12.8. The van der Waals surface area contributed by atoms with Gasteiger partial charge in [-0.15, -0.1) is 0 Å². The Morgan fingerprint density at radius 3 is 2.65 bits per heavy atom. The van der Waals surface area contributed by atoms with Gasteiger partial charge in [-0.1, -0.05) is 19.1 Å². The Labute approximate surface area is 201 Å². The van der Waals surface area contributed by atoms with Gasteiger partial charge in [-0.2, -0.15) is 4.31 Å². The molecule has 0 saturated carbocycles. The number of ether oxygens (including phenoxy) is 1. The van der Waals surface area contributed by atoms with Gasteiger partial charge in [0.2, 0.25) is 10.0 Å². The van der Waals surface area contributed by atoms with Crippen molar-refractivity contribution in [2.24, 2.45) is 5.92 Å². The minimum atomic E-state index is -3.93. The Balaban J connectivity index is 2.06. The van der Waals surface area contributed by atoms with Crippen LogP contribution in [-0.4, -0.2) is 78.7 Å². The van der Waals surface area contributed by atoms with Gasteiger partial charge in [-0.05, 0) is 44.5 Å². The average Bonchev–Trinajstić information content (AvgIpc) is 2.80. The molecule has 186 valence electrons. The van der Waals surface area contributed by atoms with Gasteiger partial charge < -0.3 is 20.1 Å². The van der Waals surface area contributed by atoms with Crippen molar-refractivity contribution >= 4 is 16.1 Å². The number of nitrogens with zero attached hydrogens (tertiary/aromatic N) is 3. The number of aliphatic hydroxyl groups is 1. The molecule has 3 atom stereocenters. The number of nitrogens with one attached hydrogen (secondary N) is 1. The Morgan fingerprint density at radius 1 is 1.29 bits per heavy atom. The molecule has 34 heavy (non-hydrogen) atoms. The zero-order valence-electron chi connectivity index (χ0n) is 20.3. The van der Waals surface area contributed by atoms with E-state index in [-0.39, 0.29) is 48.3 Å². The van der Waals surface area contributed by atoms with Crippen LogP contribution in [0.5, 0.6) is 5.75 Å². The lowest BCUT2D eigenvalue weighted by molar-refractivity contribution is 0.0810. The number of hydrogen-bond donors (Lipinski definition) is 2. The number of sulfonamides is 1. The fraction of sp³-hybridized carbons (Fsp3) is 0.500. The van der Waals surface area contributed by atoms with Gasteiger partial charge in [-0.25, -0.2) is 13.2 Å². The average molecular weight is 491 g/mol. The number of amides is 2. The van der Waals surface area contributed by atoms with Crippen LogP contribution in [0.1, 0.15) is 27.7 Å². The predicted octanol–water partition coefficient (Wildman–Crippen LogP) is 2.57. The Morgan fingerprint density at radius 2 is 2.03 bits per heavy atom. The van der Waals surface area contributed by atoms with Crippen LogP contribution < -0.4 is 10.1 Å². The van der Waals surface area contributed by atoms with Gasteiger partial charge in [0.15, 0.2) is 0 Å². The van der Waals surface area contributed by atoms with E-state index in [1.807, 2.05) is 32.9 Å². The third-order valence-corrected chi connectivity index (χ3v) is 7.89. The molecule has 1 aromatic carbocycles. The lowest BCUT2D eigenvalue weighted by atomic mass is 10.0. The van der Waals surface area contributed by atoms with E-state index in [4.69, 9.17) is 4.74 Å². The number of aromatic nitrogens is 1. The third kappa shape index (κ3) is 5.68. The zero-order chi connectivity index (χ0) is 25.0. The van der Waals surface area contributed by atoms with E-state index in [1.165, 1.54) is 10.4 Å². The van der Waals surface area contributed by atoms with Crippen molar-refractivity contribution in [2.45, 2.75) is 50.8 Å². The molecule has 0 aliphatic carbocycles. The van der Waals surface area contributed by atoms with E-state index in [0.717, 1.165) is 11.1 Å². The van der Waals surface area contributed by atoms with E-state index in [2.05, 4.69) is 10.3 Å². The third-order valence-electron chi connectivity index (χ3n) is 5.87. The van der Waals surface area contributed by atoms with Crippen molar-refractivity contribution in [1.29, 1.82) is 0 Å². The second-order valence-corrected chi connectivity index (χ2v) is 11.0. The number of fused-ring (bicyclic) bond motifs is 1. The van der Waals surface area contributed by atoms with Gasteiger partial charge in [0.1, 0.15) is 16.7 Å². The highest BCUT2D eigenvalue weighted by molar-refractivity contribution is 7.89. The summed E-state index contributed by atoms with van der Waals surface area (Å²) in [7, 11) is -2.25. The van der Waals surface area contributed by atoms with Gasteiger partial charge in [-0.3, -0.25) is 4.98 Å². The summed E-state index contributed by atoms with van der Waals surface area (Å²) in [5.74, 6) is -0.0426. The number of carbonyl (C=O) groups is 1. The lowest BCUT2D eigenvalue weighted by Gasteiger charge is -2.37. The molecule has 0 unspecified atom stereocenters. The first kappa shape index (κ1) is 25.9. The topological polar surface area (TPSA) is 112 Å². The number of hydrogen-bond acceptors (Lipinski definition) is 6. The summed E-state index contributed by atoms with van der Waals surface area (Å²) in [4.78, 5) is 18.2. The standard InChI is InChI=1S/C24H34N4O5S/c1-16(2)26-24(30)27(5)14-22-17(3)13-28(18(4)15-29)34(31,32)23-9-8-19(11-21(23)33-22)20-7-6-10-25-12-20/h6-12,16-18,22,29H,13-15H2,1-5H3,(H,26,30)/t17-,18-,22+/m1/s1. The first-order valence-electron chi connectivity index (χ1n) is 11.4. The highest BCUT2D eigenvalue weighted by Crippen LogP contribution is 2.36. The Hall–Kier alpha value is -2.69. The SMILES string of the molecule is CC(C)NC(=O)N(C)C[C@@H]1Oc2cc(-c3cccnc3)ccc2S(=O)(=O)N([C@H](C)CO)C[C@H]1C. The van der Waals surface area contributed by atoms with E-state index < -0.39 is 22.2 Å². The van der Waals surface area contributed by atoms with Crippen molar-refractivity contribution in [3.8, 4) is 16.9 Å². The van der Waals surface area contributed by atoms with Crippen LogP contribution in [0.2, 0.25) is 0 Å². The fourth-order valence-corrected chi connectivity index (χ4v) is 5.69. The van der Waals surface area contributed by atoms with Crippen molar-refractivity contribution < 1.29 is 23.1 Å². The predicted molar refractivity (Wildman–Crippen MR) is 130 cm³/mol. The molecule has 1 aliphatic heterocycles. The Kier molecular flexibility index (Phi) is 8.17. The molecule has 0 saturated heterocycles. The number of benzene rings is 1. The maximum Gasteiger partial charge on any atom is 0.317 e. The minimum absolute atomic E-state index is 0.0144. The second kappa shape index (κ2) is 10.7. The summed E-state index contributed by atoms with van der Waals surface area (Å²) in [5, 5.41) is 12.6. The summed E-state index contributed by atoms with van der Waals surface area (Å²) in [6, 6.07) is 7.79. The van der Waals surface area contributed by atoms with E-state index >= 15 is 0 Å². The smallest absolute Gasteiger partial charge is 0.317 e. The number of pyridine rings is 1. The maximum atomic E-state index is 13.6. The zero-order valence-corrected chi connectivity index (χ0v) is 21.1. The van der Waals surface area contributed by atoms with Crippen molar-refractivity contribution in [1.82, 2.24) is 19.5 Å². The molecule has 2 N–H and O–H groups in total. The molecular formula is C24H34N4O5S. The summed E-state index contributed by atoms with van der Waals surface area (Å²) in [5.41, 5.74) is 1.59. The molecule has 1 aliphatic rings. The maximum absolute atomic E-state index is 13.6. The van der Waals surface area contributed by atoms with Gasteiger partial charge >= 0.3 is 6.03 Å². The second-order valence-electron chi connectivity index (χ2n) is 9.13. The molecule has 10 heteroatoms. The molecule has 0 fully saturated rings. The van der Waals surface area contributed by atoms with Gasteiger partial charge in [0.05, 0.1) is 13.2 Å². The molecule has 2 amide bonds. The quantitative estimate of drug-likeness (QED) is 0.644. The summed E-state index contributed by atoms with van der Waals surface area (Å²) < 4.78 is 34.8. The Bertz CT molecular complexity index is 1090. The molecule has 0 spiro atoms. The van der Waals surface area contributed by atoms with Crippen molar-refractivity contribution in [3.63, 3.8) is 0 Å². The van der Waals surface area contributed by atoms with Crippen LogP contribution in [0.4, 0.5) is 4.79 Å². The first-order chi connectivity index (χ1) is 16.0. The normalized spacial score (nSPS) is 21.0. The van der Waals surface area contributed by atoms with Crippen LogP contribution in [0.25, 0.3) is 11.1 Å². The minimum Gasteiger partial charge on any atom is -0.487 e. The number of urea groups is 1. The van der Waals surface area contributed by atoms with Gasteiger partial charge in [0, 0.05) is 49.6 Å². The van der Waals surface area contributed by atoms with E-state index in [1.54, 1.807) is 43.4 Å². The summed E-state index contributed by atoms with van der Waals surface area (Å²) in [6.45, 7) is 7.44. The number of carbonyl (C=O) groups excluding carboxylic acids is 1. The number of likely N-dealkylation sites (N-methyl/N-ethyl adjacent to an activating group) is 1. The molecule has 1 aromatic heterocycles. The summed E-state index contributed by atoms with van der Waals surface area (Å²) in [6.07, 6.45) is 2.89. The molecule has 0 bridgehead atoms. The molecule has 0 radical (unpaired) electrons. The molecule has 2 heterocycles. The van der Waals surface area contributed by atoms with Crippen molar-refractivity contribution in [3.05, 3.63) is 42.7 Å². The van der Waals surface area contributed by atoms with Crippen LogP contribution >= 0.6 is 0 Å². The lowest BCUT2D eigenvalue weighted by Crippen LogP contribution is -2.51. The van der Waals surface area contributed by atoms with Crippen LogP contribution in [0, 0.1) is 5.92 Å². The van der Waals surface area contributed by atoms with Crippen LogP contribution in [-0.2, 0) is 10.0 Å². The summed E-state index contributed by atoms with van der Waals surface area (Å²) >= 11 is 0. The van der Waals surface area contributed by atoms with Crippen LogP contribution in [0.15, 0.2) is 47.6 Å². The fourth-order valence-electron chi connectivity index (χ4n) is 3.87. The highest BCUT2D eigenvalue weighted by Gasteiger charge is 2.38. The number of aliphatic hydroxyl groups excluding tert-OH is 1. The molecular weight excluding hydrogens is 456 g/mol. The molecule has 3 rings (SSSR count). The monoisotopic (exact) mass is 490 g/mol. The van der Waals surface area contributed by atoms with Crippen LogP contribution in [0.3, 0.4) is 0 Å². The molecule has 2 aromatic rings. The van der Waals surface area contributed by atoms with E-state index in [9.17, 15) is 18.3 Å². The molecule has 9 nitrogen and oxygen atoms in total. The number of rotatable bonds is 6. The largest absolute Gasteiger partial charge is 0.487 e.